The Morgan fingerprint density at radius 2 is 1.73 bits per heavy atom. The van der Waals surface area contributed by atoms with Gasteiger partial charge in [-0.25, -0.2) is 0 Å². The number of hydroxylamine groups is 1. The van der Waals surface area contributed by atoms with Gasteiger partial charge in [0.15, 0.2) is 24.2 Å². The zero-order valence-corrected chi connectivity index (χ0v) is 11.4. The topological polar surface area (TPSA) is 182 Å². The van der Waals surface area contributed by atoms with E-state index in [2.05, 4.69) is 20.1 Å². The van der Waals surface area contributed by atoms with Crippen LogP contribution >= 0.6 is 0 Å². The number of rotatable bonds is 4. The number of hydrogen-bond donors (Lipinski definition) is 0. The quantitative estimate of drug-likeness (QED) is 0.246. The van der Waals surface area contributed by atoms with Crippen LogP contribution in [0.15, 0.2) is 9.74 Å². The molecule has 14 nitrogen and oxygen atoms in total. The van der Waals surface area contributed by atoms with E-state index >= 15 is 0 Å². The molecule has 0 aromatic carbocycles. The molecule has 0 N–H and O–H groups in total. The summed E-state index contributed by atoms with van der Waals surface area (Å²) in [4.78, 5) is 19.5. The van der Waals surface area contributed by atoms with Crippen molar-refractivity contribution in [2.45, 2.75) is 25.3 Å². The lowest BCUT2D eigenvalue weighted by Crippen LogP contribution is -2.60. The largest absolute Gasteiger partial charge is 0.594 e. The molecule has 1 aromatic heterocycles. The van der Waals surface area contributed by atoms with Crippen LogP contribution in [0, 0.1) is 25.4 Å². The van der Waals surface area contributed by atoms with Crippen LogP contribution < -0.4 is 0 Å². The van der Waals surface area contributed by atoms with E-state index in [4.69, 9.17) is 9.47 Å². The fraction of sp³-hybridized carbons (Fsp3) is 0.750. The fourth-order valence-corrected chi connectivity index (χ4v) is 1.48. The Labute approximate surface area is 121 Å². The first-order valence-corrected chi connectivity index (χ1v) is 5.76. The Hall–Kier alpha value is -2.74. The third-order valence-corrected chi connectivity index (χ3v) is 2.81. The highest BCUT2D eigenvalue weighted by Gasteiger charge is 2.60. The van der Waals surface area contributed by atoms with Gasteiger partial charge in [-0.05, 0) is 23.6 Å². The summed E-state index contributed by atoms with van der Waals surface area (Å²) in [6.45, 7) is 1.74. The van der Waals surface area contributed by atoms with Crippen molar-refractivity contribution in [2.24, 2.45) is 5.11 Å². The number of ether oxygens (including phenoxy) is 2. The lowest BCUT2D eigenvalue weighted by atomic mass is 10.2. The predicted octanol–water partition coefficient (Wildman–Crippen LogP) is 0.328. The number of azo groups is 1. The second kappa shape index (κ2) is 5.23. The molecule has 14 heteroatoms. The Bertz CT molecular complexity index is 628. The molecule has 22 heavy (non-hydrogen) atoms. The Morgan fingerprint density at radius 3 is 2.23 bits per heavy atom. The van der Waals surface area contributed by atoms with Crippen molar-refractivity contribution in [1.82, 2.24) is 10.3 Å². The van der Waals surface area contributed by atoms with Crippen LogP contribution in [-0.2, 0) is 9.47 Å². The van der Waals surface area contributed by atoms with Crippen molar-refractivity contribution < 1.29 is 28.8 Å². The van der Waals surface area contributed by atoms with Crippen molar-refractivity contribution in [2.75, 3.05) is 13.2 Å². The number of hydrogen-bond acceptors (Lipinski definition) is 11. The van der Waals surface area contributed by atoms with E-state index in [1.807, 2.05) is 0 Å². The fourth-order valence-electron chi connectivity index (χ4n) is 1.48. The summed E-state index contributed by atoms with van der Waals surface area (Å²) >= 11 is 0. The standard InChI is InChI=1S/C8H10N6O8/c1-7(2)20-3-8(4-21-7,14(18)19)13(17)9-5-6(12(15)16)11-22-10-5/h3-4H2,1-2H3. The predicted molar refractivity (Wildman–Crippen MR) is 62.4 cm³/mol. The van der Waals surface area contributed by atoms with Crippen LogP contribution in [-0.4, -0.2) is 49.7 Å². The van der Waals surface area contributed by atoms with Crippen LogP contribution in [0.4, 0.5) is 11.6 Å². The summed E-state index contributed by atoms with van der Waals surface area (Å²) in [6.07, 6.45) is 0. The molecule has 120 valence electrons. The maximum atomic E-state index is 12.0. The second-order valence-electron chi connectivity index (χ2n) is 4.76. The molecule has 0 radical (unpaired) electrons. The van der Waals surface area contributed by atoms with Gasteiger partial charge in [-0.1, -0.05) is 0 Å². The Kier molecular flexibility index (Phi) is 3.72. The highest BCUT2D eigenvalue weighted by molar-refractivity contribution is 5.41. The molecule has 1 aliphatic rings. The Balaban J connectivity index is 2.37. The highest BCUT2D eigenvalue weighted by Crippen LogP contribution is 2.29. The normalized spacial score (nSPS) is 20.5. The zero-order valence-electron chi connectivity index (χ0n) is 11.4. The van der Waals surface area contributed by atoms with Gasteiger partial charge < -0.3 is 24.8 Å². The van der Waals surface area contributed by atoms with Crippen molar-refractivity contribution in [3.8, 4) is 0 Å². The first-order chi connectivity index (χ1) is 10.2. The number of nitro groups is 2. The maximum absolute atomic E-state index is 12.0. The molecule has 0 spiro atoms. The highest BCUT2D eigenvalue weighted by atomic mass is 16.7. The van der Waals surface area contributed by atoms with Gasteiger partial charge in [0.25, 0.3) is 0 Å². The van der Waals surface area contributed by atoms with Gasteiger partial charge >= 0.3 is 17.3 Å². The average Bonchev–Trinajstić information content (AvgIpc) is 2.86. The zero-order chi connectivity index (χ0) is 16.5. The molecule has 0 saturated carbocycles. The molecule has 1 aliphatic heterocycles. The summed E-state index contributed by atoms with van der Waals surface area (Å²) in [7, 11) is 0. The minimum atomic E-state index is -2.40. The monoisotopic (exact) mass is 318 g/mol. The molecule has 1 aromatic rings. The molecular weight excluding hydrogens is 308 g/mol. The molecule has 2 rings (SSSR count). The molecule has 0 bridgehead atoms. The number of nitrogens with zero attached hydrogens (tertiary/aromatic N) is 6. The van der Waals surface area contributed by atoms with Crippen LogP contribution in [0.5, 0.6) is 0 Å². The number of aromatic nitrogens is 2. The average molecular weight is 318 g/mol. The van der Waals surface area contributed by atoms with E-state index in [0.29, 0.717) is 0 Å². The molecule has 1 saturated heterocycles. The smallest absolute Gasteiger partial charge is 0.484 e. The molecule has 0 unspecified atom stereocenters. The summed E-state index contributed by atoms with van der Waals surface area (Å²) in [5, 5.41) is 43.0. The van der Waals surface area contributed by atoms with Crippen LogP contribution in [0.2, 0.25) is 0 Å². The molecule has 2 heterocycles. The van der Waals surface area contributed by atoms with Gasteiger partial charge in [-0.2, -0.15) is 0 Å². The van der Waals surface area contributed by atoms with Gasteiger partial charge in [0.2, 0.25) is 0 Å². The van der Waals surface area contributed by atoms with Crippen molar-refractivity contribution in [3.05, 3.63) is 25.4 Å². The van der Waals surface area contributed by atoms with E-state index in [9.17, 15) is 25.4 Å². The van der Waals surface area contributed by atoms with Crippen molar-refractivity contribution in [1.29, 1.82) is 0 Å². The molecular formula is C8H10N6O8. The van der Waals surface area contributed by atoms with E-state index in [1.165, 1.54) is 13.8 Å². The summed E-state index contributed by atoms with van der Waals surface area (Å²) < 4.78 is 14.3. The SMILES string of the molecule is CC1(C)OCC([N+](=O)[O-])([N+]([O-])=Nc2nonc2[N+](=O)[O-])CO1. The van der Waals surface area contributed by atoms with Gasteiger partial charge in [-0.15, -0.1) is 4.63 Å². The van der Waals surface area contributed by atoms with E-state index in [-0.39, 0.29) is 4.86 Å². The molecule has 0 aliphatic carbocycles. The molecule has 1 fully saturated rings. The van der Waals surface area contributed by atoms with Crippen LogP contribution in [0.3, 0.4) is 0 Å². The van der Waals surface area contributed by atoms with Gasteiger partial charge in [0, 0.05) is 10.3 Å². The molecule has 0 amide bonds. The van der Waals surface area contributed by atoms with Crippen molar-refractivity contribution in [3.63, 3.8) is 0 Å². The second-order valence-corrected chi connectivity index (χ2v) is 4.76. The molecule has 0 atom stereocenters. The lowest BCUT2D eigenvalue weighted by Gasteiger charge is -2.34. The van der Waals surface area contributed by atoms with E-state index in [1.54, 1.807) is 0 Å². The Morgan fingerprint density at radius 1 is 1.14 bits per heavy atom. The minimum Gasteiger partial charge on any atom is -0.594 e. The van der Waals surface area contributed by atoms with Crippen molar-refractivity contribution >= 4 is 11.6 Å². The third kappa shape index (κ3) is 2.68. The lowest BCUT2D eigenvalue weighted by molar-refractivity contribution is -0.825. The maximum Gasteiger partial charge on any atom is 0.484 e. The summed E-state index contributed by atoms with van der Waals surface area (Å²) in [5.74, 6) is -2.86. The van der Waals surface area contributed by atoms with Gasteiger partial charge in [0.05, 0.1) is 0 Å². The third-order valence-electron chi connectivity index (χ3n) is 2.81. The minimum absolute atomic E-state index is 0.366. The summed E-state index contributed by atoms with van der Waals surface area (Å²) in [6, 6.07) is 0. The van der Waals surface area contributed by atoms with Crippen LogP contribution in [0.25, 0.3) is 0 Å². The first kappa shape index (κ1) is 15.6. The van der Waals surface area contributed by atoms with E-state index in [0.717, 1.165) is 0 Å². The van der Waals surface area contributed by atoms with Crippen LogP contribution in [0.1, 0.15) is 13.8 Å². The summed E-state index contributed by atoms with van der Waals surface area (Å²) in [5.41, 5.74) is -2.40. The van der Waals surface area contributed by atoms with Gasteiger partial charge in [0.1, 0.15) is 4.92 Å². The van der Waals surface area contributed by atoms with Gasteiger partial charge in [-0.3, -0.25) is 10.1 Å². The van der Waals surface area contributed by atoms with E-state index < -0.39 is 46.1 Å². The first-order valence-electron chi connectivity index (χ1n) is 5.76.